The molecule has 5 heteroatoms. The molecule has 2 aromatic rings. The van der Waals surface area contributed by atoms with E-state index in [9.17, 15) is 9.59 Å². The lowest BCUT2D eigenvalue weighted by atomic mass is 10.2. The molecule has 0 aromatic heterocycles. The zero-order valence-electron chi connectivity index (χ0n) is 13.4. The molecule has 23 heavy (non-hydrogen) atoms. The number of hydrogen-bond donors (Lipinski definition) is 3. The van der Waals surface area contributed by atoms with Crippen LogP contribution in [0.1, 0.15) is 34.6 Å². The minimum absolute atomic E-state index is 0.331. The SMILES string of the molecule is CCNCC.O=C(O)c1ccccc1.O=C(O)c1ccccc1. The number of benzene rings is 2. The van der Waals surface area contributed by atoms with Gasteiger partial charge in [-0.15, -0.1) is 0 Å². The fraction of sp³-hybridized carbons (Fsp3) is 0.222. The molecule has 124 valence electrons. The van der Waals surface area contributed by atoms with Gasteiger partial charge in [0.1, 0.15) is 0 Å². The Hall–Kier alpha value is -2.66. The van der Waals surface area contributed by atoms with Crippen LogP contribution in [0.3, 0.4) is 0 Å². The topological polar surface area (TPSA) is 86.6 Å². The summed E-state index contributed by atoms with van der Waals surface area (Å²) in [4.78, 5) is 20.4. The fourth-order valence-electron chi connectivity index (χ4n) is 1.41. The fourth-order valence-corrected chi connectivity index (χ4v) is 1.41. The van der Waals surface area contributed by atoms with E-state index in [0.717, 1.165) is 13.1 Å². The van der Waals surface area contributed by atoms with Crippen LogP contribution in [0.5, 0.6) is 0 Å². The largest absolute Gasteiger partial charge is 0.478 e. The smallest absolute Gasteiger partial charge is 0.335 e. The van der Waals surface area contributed by atoms with Crippen LogP contribution in [-0.2, 0) is 0 Å². The Balaban J connectivity index is 0.000000332. The Labute approximate surface area is 136 Å². The molecule has 3 N–H and O–H groups in total. The molecule has 2 aromatic carbocycles. The van der Waals surface area contributed by atoms with Gasteiger partial charge in [-0.1, -0.05) is 50.2 Å². The summed E-state index contributed by atoms with van der Waals surface area (Å²) in [6, 6.07) is 16.6. The van der Waals surface area contributed by atoms with E-state index in [4.69, 9.17) is 10.2 Å². The number of rotatable bonds is 4. The number of hydrogen-bond acceptors (Lipinski definition) is 3. The maximum Gasteiger partial charge on any atom is 0.335 e. The first-order valence-corrected chi connectivity index (χ1v) is 7.30. The normalized spacial score (nSPS) is 8.78. The summed E-state index contributed by atoms with van der Waals surface area (Å²) in [5, 5.41) is 19.9. The quantitative estimate of drug-likeness (QED) is 0.804. The molecule has 0 aliphatic carbocycles. The van der Waals surface area contributed by atoms with Crippen LogP contribution in [0.4, 0.5) is 0 Å². The lowest BCUT2D eigenvalue weighted by Gasteiger charge is -1.88. The van der Waals surface area contributed by atoms with Crippen LogP contribution in [0.2, 0.25) is 0 Å². The summed E-state index contributed by atoms with van der Waals surface area (Å²) in [5.74, 6) is -1.76. The second-order valence-corrected chi connectivity index (χ2v) is 4.30. The first kappa shape index (κ1) is 20.3. The van der Waals surface area contributed by atoms with Gasteiger partial charge in [0.15, 0.2) is 0 Å². The molecule has 0 aliphatic rings. The molecule has 0 spiro atoms. The summed E-state index contributed by atoms with van der Waals surface area (Å²) >= 11 is 0. The third kappa shape index (κ3) is 10.7. The third-order valence-corrected chi connectivity index (χ3v) is 2.54. The Morgan fingerprint density at radius 1 is 0.739 bits per heavy atom. The van der Waals surface area contributed by atoms with Gasteiger partial charge in [-0.25, -0.2) is 9.59 Å². The van der Waals surface area contributed by atoms with E-state index in [0.29, 0.717) is 11.1 Å². The molecule has 0 radical (unpaired) electrons. The lowest BCUT2D eigenvalue weighted by molar-refractivity contribution is 0.0686. The van der Waals surface area contributed by atoms with Crippen LogP contribution in [0.15, 0.2) is 60.7 Å². The van der Waals surface area contributed by atoms with Gasteiger partial charge >= 0.3 is 11.9 Å². The maximum absolute atomic E-state index is 10.2. The van der Waals surface area contributed by atoms with Gasteiger partial charge in [0, 0.05) is 0 Å². The van der Waals surface area contributed by atoms with Crippen LogP contribution < -0.4 is 5.32 Å². The predicted octanol–water partition coefficient (Wildman–Crippen LogP) is 3.39. The molecule has 0 unspecified atom stereocenters. The molecule has 0 saturated carbocycles. The second-order valence-electron chi connectivity index (χ2n) is 4.30. The number of carboxylic acid groups (broad SMARTS) is 2. The molecular weight excluding hydrogens is 294 g/mol. The highest BCUT2D eigenvalue weighted by Gasteiger charge is 1.97. The summed E-state index contributed by atoms with van der Waals surface area (Å²) in [5.41, 5.74) is 0.662. The number of nitrogens with one attached hydrogen (secondary N) is 1. The number of aromatic carboxylic acids is 2. The van der Waals surface area contributed by atoms with Crippen molar-refractivity contribution in [3.05, 3.63) is 71.8 Å². The van der Waals surface area contributed by atoms with Gasteiger partial charge in [0.05, 0.1) is 11.1 Å². The van der Waals surface area contributed by atoms with Gasteiger partial charge < -0.3 is 15.5 Å². The van der Waals surface area contributed by atoms with Crippen molar-refractivity contribution in [2.75, 3.05) is 13.1 Å². The Morgan fingerprint density at radius 3 is 1.17 bits per heavy atom. The van der Waals surface area contributed by atoms with Crippen LogP contribution in [0.25, 0.3) is 0 Å². The zero-order chi connectivity index (χ0) is 17.5. The zero-order valence-corrected chi connectivity index (χ0v) is 13.4. The van der Waals surface area contributed by atoms with Gasteiger partial charge in [0.2, 0.25) is 0 Å². The highest BCUT2D eigenvalue weighted by molar-refractivity contribution is 5.87. The number of carbonyl (C=O) groups is 2. The standard InChI is InChI=1S/2C7H6O2.C4H11N/c2*8-7(9)6-4-2-1-3-5-6;1-3-5-4-2/h2*1-5H,(H,8,9);5H,3-4H2,1-2H3. The minimum atomic E-state index is -0.879. The summed E-state index contributed by atoms with van der Waals surface area (Å²) in [6.45, 7) is 6.39. The van der Waals surface area contributed by atoms with Crippen LogP contribution in [0, 0.1) is 0 Å². The monoisotopic (exact) mass is 317 g/mol. The average Bonchev–Trinajstić information content (AvgIpc) is 2.58. The molecule has 0 aliphatic heterocycles. The molecule has 0 atom stereocenters. The van der Waals surface area contributed by atoms with Crippen molar-refractivity contribution < 1.29 is 19.8 Å². The third-order valence-electron chi connectivity index (χ3n) is 2.54. The first-order chi connectivity index (χ1) is 11.0. The molecule has 0 saturated heterocycles. The molecule has 0 heterocycles. The molecule has 0 fully saturated rings. The van der Waals surface area contributed by atoms with Crippen molar-refractivity contribution in [1.29, 1.82) is 0 Å². The maximum atomic E-state index is 10.2. The summed E-state index contributed by atoms with van der Waals surface area (Å²) in [7, 11) is 0. The van der Waals surface area contributed by atoms with Crippen molar-refractivity contribution in [2.45, 2.75) is 13.8 Å². The van der Waals surface area contributed by atoms with Crippen LogP contribution in [-0.4, -0.2) is 35.2 Å². The molecule has 0 bridgehead atoms. The average molecular weight is 317 g/mol. The van der Waals surface area contributed by atoms with E-state index in [1.165, 1.54) is 0 Å². The van der Waals surface area contributed by atoms with E-state index >= 15 is 0 Å². The van der Waals surface area contributed by atoms with Crippen molar-refractivity contribution in [3.63, 3.8) is 0 Å². The predicted molar refractivity (Wildman–Crippen MR) is 91.0 cm³/mol. The summed E-state index contributed by atoms with van der Waals surface area (Å²) < 4.78 is 0. The summed E-state index contributed by atoms with van der Waals surface area (Å²) in [6.07, 6.45) is 0. The second kappa shape index (κ2) is 13.0. The highest BCUT2D eigenvalue weighted by Crippen LogP contribution is 1.96. The minimum Gasteiger partial charge on any atom is -0.478 e. The Morgan fingerprint density at radius 2 is 1.04 bits per heavy atom. The van der Waals surface area contributed by atoms with E-state index in [1.54, 1.807) is 60.7 Å². The first-order valence-electron chi connectivity index (χ1n) is 7.30. The lowest BCUT2D eigenvalue weighted by Crippen LogP contribution is -2.09. The Kier molecular flexibility index (Phi) is 11.5. The van der Waals surface area contributed by atoms with Gasteiger partial charge in [-0.3, -0.25) is 0 Å². The molecular formula is C18H23NO4. The Bertz CT molecular complexity index is 504. The van der Waals surface area contributed by atoms with Crippen molar-refractivity contribution in [1.82, 2.24) is 5.32 Å². The van der Waals surface area contributed by atoms with Crippen molar-refractivity contribution in [2.24, 2.45) is 0 Å². The van der Waals surface area contributed by atoms with Gasteiger partial charge in [-0.05, 0) is 37.4 Å². The van der Waals surface area contributed by atoms with Gasteiger partial charge in [-0.2, -0.15) is 0 Å². The van der Waals surface area contributed by atoms with Crippen LogP contribution >= 0.6 is 0 Å². The number of carboxylic acids is 2. The van der Waals surface area contributed by atoms with E-state index in [-0.39, 0.29) is 0 Å². The molecule has 5 nitrogen and oxygen atoms in total. The van der Waals surface area contributed by atoms with Gasteiger partial charge in [0.25, 0.3) is 0 Å². The molecule has 2 rings (SSSR count). The highest BCUT2D eigenvalue weighted by atomic mass is 16.4. The van der Waals surface area contributed by atoms with Crippen molar-refractivity contribution >= 4 is 11.9 Å². The van der Waals surface area contributed by atoms with E-state index in [1.807, 2.05) is 0 Å². The molecule has 0 amide bonds. The van der Waals surface area contributed by atoms with E-state index in [2.05, 4.69) is 19.2 Å². The van der Waals surface area contributed by atoms with Crippen molar-refractivity contribution in [3.8, 4) is 0 Å². The van der Waals surface area contributed by atoms with E-state index < -0.39 is 11.9 Å².